The van der Waals surface area contributed by atoms with Crippen LogP contribution in [0.3, 0.4) is 0 Å². The molecular formula is C23H27NO4S. The number of benzene rings is 2. The number of fused-ring (bicyclic) bond motifs is 1. The third-order valence-corrected chi connectivity index (χ3v) is 7.63. The van der Waals surface area contributed by atoms with E-state index in [-0.39, 0.29) is 22.8 Å². The van der Waals surface area contributed by atoms with Crippen LogP contribution < -0.4 is 0 Å². The van der Waals surface area contributed by atoms with Crippen LogP contribution in [-0.4, -0.2) is 43.2 Å². The summed E-state index contributed by atoms with van der Waals surface area (Å²) in [7, 11) is -3.36. The van der Waals surface area contributed by atoms with Crippen LogP contribution in [0.1, 0.15) is 48.0 Å². The lowest BCUT2D eigenvalue weighted by Gasteiger charge is -2.52. The maximum Gasteiger partial charge on any atom is 0.254 e. The molecule has 2 aromatic carbocycles. The quantitative estimate of drug-likeness (QED) is 0.837. The van der Waals surface area contributed by atoms with Gasteiger partial charge in [-0.05, 0) is 49.1 Å². The average Bonchev–Trinajstić information content (AvgIpc) is 2.74. The molecule has 4 rings (SSSR count). The lowest BCUT2D eigenvalue weighted by atomic mass is 9.66. The maximum atomic E-state index is 13.2. The Kier molecular flexibility index (Phi) is 5.25. The summed E-state index contributed by atoms with van der Waals surface area (Å²) in [5.74, 6) is -0.0955. The van der Waals surface area contributed by atoms with Gasteiger partial charge in [-0.25, -0.2) is 8.42 Å². The molecule has 1 saturated carbocycles. The van der Waals surface area contributed by atoms with Gasteiger partial charge in [-0.15, -0.1) is 0 Å². The Morgan fingerprint density at radius 2 is 1.79 bits per heavy atom. The number of carbonyl (C=O) groups is 1. The van der Waals surface area contributed by atoms with Gasteiger partial charge in [0, 0.05) is 30.3 Å². The molecule has 2 aromatic rings. The number of sulfone groups is 1. The Hall–Kier alpha value is -2.18. The Morgan fingerprint density at radius 3 is 2.52 bits per heavy atom. The van der Waals surface area contributed by atoms with Gasteiger partial charge in [0.05, 0.1) is 10.5 Å². The molecule has 1 amide bonds. The molecule has 2 fully saturated rings. The van der Waals surface area contributed by atoms with Gasteiger partial charge in [0.25, 0.3) is 5.91 Å². The largest absolute Gasteiger partial charge is 0.385 e. The van der Waals surface area contributed by atoms with E-state index in [0.717, 1.165) is 25.7 Å². The highest BCUT2D eigenvalue weighted by molar-refractivity contribution is 7.90. The van der Waals surface area contributed by atoms with Crippen molar-refractivity contribution in [2.24, 2.45) is 5.92 Å². The predicted molar refractivity (Wildman–Crippen MR) is 111 cm³/mol. The minimum Gasteiger partial charge on any atom is -0.385 e. The number of hydrogen-bond acceptors (Lipinski definition) is 4. The van der Waals surface area contributed by atoms with Crippen LogP contribution >= 0.6 is 0 Å². The molecule has 2 unspecified atom stereocenters. The molecule has 6 heteroatoms. The van der Waals surface area contributed by atoms with E-state index in [0.29, 0.717) is 24.1 Å². The highest BCUT2D eigenvalue weighted by atomic mass is 32.2. The number of carbonyl (C=O) groups excluding carboxylic acids is 1. The van der Waals surface area contributed by atoms with Crippen molar-refractivity contribution in [3.05, 3.63) is 65.7 Å². The van der Waals surface area contributed by atoms with Crippen molar-refractivity contribution in [3.63, 3.8) is 0 Å². The number of amides is 1. The van der Waals surface area contributed by atoms with Gasteiger partial charge in [-0.1, -0.05) is 43.2 Å². The molecule has 2 aliphatic rings. The molecular weight excluding hydrogens is 386 g/mol. The maximum absolute atomic E-state index is 13.2. The number of nitrogens with zero attached hydrogens (tertiary/aromatic N) is 1. The van der Waals surface area contributed by atoms with E-state index in [9.17, 15) is 18.3 Å². The van der Waals surface area contributed by atoms with Gasteiger partial charge >= 0.3 is 0 Å². The first-order valence-corrected chi connectivity index (χ1v) is 12.1. The molecule has 154 valence electrons. The molecule has 3 atom stereocenters. The Balaban J connectivity index is 1.69. The predicted octanol–water partition coefficient (Wildman–Crippen LogP) is 3.38. The van der Waals surface area contributed by atoms with E-state index in [1.807, 2.05) is 41.3 Å². The third-order valence-electron chi connectivity index (χ3n) is 6.52. The Labute approximate surface area is 172 Å². The van der Waals surface area contributed by atoms with Crippen LogP contribution in [-0.2, 0) is 15.4 Å². The summed E-state index contributed by atoms with van der Waals surface area (Å²) in [6, 6.07) is 15.9. The van der Waals surface area contributed by atoms with Crippen molar-refractivity contribution in [3.8, 4) is 0 Å². The fourth-order valence-corrected chi connectivity index (χ4v) is 5.70. The fourth-order valence-electron chi connectivity index (χ4n) is 5.04. The highest BCUT2D eigenvalue weighted by Crippen LogP contribution is 2.47. The number of hydrogen-bond donors (Lipinski definition) is 1. The number of piperidine rings is 1. The van der Waals surface area contributed by atoms with Crippen LogP contribution in [0.2, 0.25) is 0 Å². The molecule has 0 spiro atoms. The first-order chi connectivity index (χ1) is 13.8. The first-order valence-electron chi connectivity index (χ1n) is 10.2. The summed E-state index contributed by atoms with van der Waals surface area (Å²) < 4.78 is 24.0. The minimum absolute atomic E-state index is 0.00874. The summed E-state index contributed by atoms with van der Waals surface area (Å²) in [6.45, 7) is 0.453. The summed E-state index contributed by atoms with van der Waals surface area (Å²) in [4.78, 5) is 15.3. The highest BCUT2D eigenvalue weighted by Gasteiger charge is 2.50. The lowest BCUT2D eigenvalue weighted by Crippen LogP contribution is -2.59. The molecule has 1 aliphatic carbocycles. The second kappa shape index (κ2) is 7.58. The van der Waals surface area contributed by atoms with Crippen molar-refractivity contribution in [2.75, 3.05) is 12.8 Å². The molecule has 0 radical (unpaired) electrons. The van der Waals surface area contributed by atoms with Gasteiger partial charge in [0.15, 0.2) is 9.84 Å². The second-order valence-electron chi connectivity index (χ2n) is 8.30. The van der Waals surface area contributed by atoms with Gasteiger partial charge < -0.3 is 10.0 Å². The summed E-state index contributed by atoms with van der Waals surface area (Å²) in [5.41, 5.74) is 0.185. The van der Waals surface area contributed by atoms with Crippen LogP contribution in [0.25, 0.3) is 0 Å². The first kappa shape index (κ1) is 20.1. The van der Waals surface area contributed by atoms with Gasteiger partial charge in [0.1, 0.15) is 0 Å². The van der Waals surface area contributed by atoms with Crippen LogP contribution in [0.4, 0.5) is 0 Å². The summed E-state index contributed by atoms with van der Waals surface area (Å²) in [6.07, 6.45) is 5.29. The van der Waals surface area contributed by atoms with Crippen LogP contribution in [0.5, 0.6) is 0 Å². The normalized spacial score (nSPS) is 27.3. The topological polar surface area (TPSA) is 74.7 Å². The Morgan fingerprint density at radius 1 is 1.07 bits per heavy atom. The molecule has 29 heavy (non-hydrogen) atoms. The van der Waals surface area contributed by atoms with E-state index in [4.69, 9.17) is 0 Å². The average molecular weight is 414 g/mol. The monoisotopic (exact) mass is 413 g/mol. The van der Waals surface area contributed by atoms with E-state index in [1.165, 1.54) is 6.26 Å². The van der Waals surface area contributed by atoms with Crippen molar-refractivity contribution < 1.29 is 18.3 Å². The van der Waals surface area contributed by atoms with Gasteiger partial charge in [-0.3, -0.25) is 4.79 Å². The second-order valence-corrected chi connectivity index (χ2v) is 10.3. The minimum atomic E-state index is -3.36. The smallest absolute Gasteiger partial charge is 0.254 e. The van der Waals surface area contributed by atoms with E-state index >= 15 is 0 Å². The van der Waals surface area contributed by atoms with Crippen molar-refractivity contribution >= 4 is 15.7 Å². The van der Waals surface area contributed by atoms with E-state index < -0.39 is 15.4 Å². The number of rotatable bonds is 3. The molecule has 1 aliphatic heterocycles. The lowest BCUT2D eigenvalue weighted by molar-refractivity contribution is -0.110. The van der Waals surface area contributed by atoms with Crippen molar-refractivity contribution in [1.29, 1.82) is 0 Å². The summed E-state index contributed by atoms with van der Waals surface area (Å²) in [5, 5.41) is 11.8. The van der Waals surface area contributed by atoms with Crippen molar-refractivity contribution in [1.82, 2.24) is 4.90 Å². The molecule has 1 heterocycles. The third kappa shape index (κ3) is 3.71. The SMILES string of the molecule is CS(=O)(=O)c1cccc(C2(O)CCN(C(=O)c3ccccc3)C3CCCC[C@@H]32)c1. The zero-order valence-electron chi connectivity index (χ0n) is 16.6. The molecule has 0 aromatic heterocycles. The van der Waals surface area contributed by atoms with E-state index in [2.05, 4.69) is 0 Å². The number of likely N-dealkylation sites (tertiary alicyclic amines) is 1. The zero-order chi connectivity index (χ0) is 20.6. The van der Waals surface area contributed by atoms with Gasteiger partial charge in [0.2, 0.25) is 0 Å². The fraction of sp³-hybridized carbons (Fsp3) is 0.435. The van der Waals surface area contributed by atoms with Crippen LogP contribution in [0.15, 0.2) is 59.5 Å². The van der Waals surface area contributed by atoms with Crippen molar-refractivity contribution in [2.45, 2.75) is 48.6 Å². The summed E-state index contributed by atoms with van der Waals surface area (Å²) >= 11 is 0. The molecule has 1 saturated heterocycles. The molecule has 5 nitrogen and oxygen atoms in total. The standard InChI is InChI=1S/C23H27NO4S/c1-29(27,28)19-11-7-10-18(16-19)23(26)14-15-24(21-13-6-5-12-20(21)23)22(25)17-8-3-2-4-9-17/h2-4,7-11,16,20-21,26H,5-6,12-15H2,1H3/t20-,21?,23?/m0/s1. The van der Waals surface area contributed by atoms with Crippen LogP contribution in [0, 0.1) is 5.92 Å². The Bertz CT molecular complexity index is 1000. The van der Waals surface area contributed by atoms with E-state index in [1.54, 1.807) is 18.2 Å². The number of aliphatic hydroxyl groups is 1. The van der Waals surface area contributed by atoms with Gasteiger partial charge in [-0.2, -0.15) is 0 Å². The molecule has 0 bridgehead atoms. The molecule has 1 N–H and O–H groups in total. The zero-order valence-corrected chi connectivity index (χ0v) is 17.4.